The lowest BCUT2D eigenvalue weighted by Gasteiger charge is -2.26. The Labute approximate surface area is 173 Å². The summed E-state index contributed by atoms with van der Waals surface area (Å²) in [6, 6.07) is 39.8. The number of hydrogen-bond donors (Lipinski definition) is 0. The molecule has 0 unspecified atom stereocenters. The van der Waals surface area contributed by atoms with E-state index in [2.05, 4.69) is 89.8 Å². The van der Waals surface area contributed by atoms with E-state index >= 15 is 0 Å². The maximum absolute atomic E-state index is 5.93. The van der Waals surface area contributed by atoms with Gasteiger partial charge in [0.2, 0.25) is 0 Å². The van der Waals surface area contributed by atoms with Crippen molar-refractivity contribution >= 4 is 11.4 Å². The molecule has 0 N–H and O–H groups in total. The molecule has 0 atom stereocenters. The van der Waals surface area contributed by atoms with Gasteiger partial charge in [-0.25, -0.2) is 0 Å². The van der Waals surface area contributed by atoms with Crippen LogP contribution < -0.4 is 9.64 Å². The first-order chi connectivity index (χ1) is 14.4. The van der Waals surface area contributed by atoms with E-state index in [1.54, 1.807) is 0 Å². The number of para-hydroxylation sites is 3. The average molecular weight is 380 g/mol. The number of hydrogen-bond acceptors (Lipinski definition) is 2. The summed E-state index contributed by atoms with van der Waals surface area (Å²) in [5.41, 5.74) is 5.01. The molecular formula is C27H25NO. The topological polar surface area (TPSA) is 12.5 Å². The highest BCUT2D eigenvalue weighted by Gasteiger charge is 2.12. The Kier molecular flexibility index (Phi) is 6.24. The minimum atomic E-state index is 0.664. The summed E-state index contributed by atoms with van der Waals surface area (Å²) >= 11 is 0. The number of ether oxygens (including phenoxy) is 1. The molecule has 0 radical (unpaired) electrons. The van der Waals surface area contributed by atoms with Crippen molar-refractivity contribution in [3.8, 4) is 5.75 Å². The van der Waals surface area contributed by atoms with Gasteiger partial charge in [0.1, 0.15) is 5.75 Å². The van der Waals surface area contributed by atoms with Crippen molar-refractivity contribution in [2.75, 3.05) is 11.5 Å². The molecule has 0 fully saturated rings. The fourth-order valence-electron chi connectivity index (χ4n) is 3.47. The van der Waals surface area contributed by atoms with Gasteiger partial charge in [0.05, 0.1) is 6.61 Å². The fourth-order valence-corrected chi connectivity index (χ4v) is 3.47. The van der Waals surface area contributed by atoms with Crippen molar-refractivity contribution in [3.63, 3.8) is 0 Å². The quantitative estimate of drug-likeness (QED) is 0.340. The highest BCUT2D eigenvalue weighted by atomic mass is 16.5. The third kappa shape index (κ3) is 5.05. The van der Waals surface area contributed by atoms with Crippen LogP contribution in [0.5, 0.6) is 5.75 Å². The standard InChI is InChI=1S/C27H25NO/c1-4-14-25(15-5-1)28(26-16-6-2-7-17-26)22-24-13-11-10-12-23(24)20-21-29-27-18-8-3-9-19-27/h1-19H,20-22H2. The van der Waals surface area contributed by atoms with Gasteiger partial charge in [0, 0.05) is 24.3 Å². The monoisotopic (exact) mass is 379 g/mol. The van der Waals surface area contributed by atoms with Crippen LogP contribution in [0.4, 0.5) is 11.4 Å². The normalized spacial score (nSPS) is 10.5. The van der Waals surface area contributed by atoms with Gasteiger partial charge in [-0.3, -0.25) is 0 Å². The Hall–Kier alpha value is -3.52. The molecule has 29 heavy (non-hydrogen) atoms. The summed E-state index contributed by atoms with van der Waals surface area (Å²) < 4.78 is 5.93. The Bertz CT molecular complexity index is 961. The molecule has 4 aromatic carbocycles. The first kappa shape index (κ1) is 18.8. The Balaban J connectivity index is 1.54. The van der Waals surface area contributed by atoms with Crippen LogP contribution >= 0.6 is 0 Å². The molecule has 0 amide bonds. The van der Waals surface area contributed by atoms with Crippen molar-refractivity contribution in [2.45, 2.75) is 13.0 Å². The van der Waals surface area contributed by atoms with Crippen LogP contribution in [0.25, 0.3) is 0 Å². The average Bonchev–Trinajstić information content (AvgIpc) is 2.80. The summed E-state index contributed by atoms with van der Waals surface area (Å²) in [5.74, 6) is 0.917. The predicted octanol–water partition coefficient (Wildman–Crippen LogP) is 6.65. The Morgan fingerprint density at radius 1 is 0.517 bits per heavy atom. The van der Waals surface area contributed by atoms with Crippen LogP contribution in [0.15, 0.2) is 115 Å². The Morgan fingerprint density at radius 2 is 1.00 bits per heavy atom. The van der Waals surface area contributed by atoms with E-state index in [1.165, 1.54) is 22.5 Å². The second kappa shape index (κ2) is 9.61. The third-order valence-electron chi connectivity index (χ3n) is 4.97. The maximum Gasteiger partial charge on any atom is 0.119 e. The van der Waals surface area contributed by atoms with Crippen LogP contribution in [0.3, 0.4) is 0 Å². The highest BCUT2D eigenvalue weighted by Crippen LogP contribution is 2.28. The van der Waals surface area contributed by atoms with E-state index in [0.717, 1.165) is 18.7 Å². The van der Waals surface area contributed by atoms with Crippen LogP contribution in [0.2, 0.25) is 0 Å². The minimum Gasteiger partial charge on any atom is -0.493 e. The summed E-state index contributed by atoms with van der Waals surface area (Å²) in [6.07, 6.45) is 0.877. The zero-order valence-corrected chi connectivity index (χ0v) is 16.4. The minimum absolute atomic E-state index is 0.664. The number of rotatable bonds is 8. The predicted molar refractivity (Wildman–Crippen MR) is 121 cm³/mol. The SMILES string of the molecule is c1ccc(OCCc2ccccc2CN(c2ccccc2)c2ccccc2)cc1. The van der Waals surface area contributed by atoms with E-state index in [4.69, 9.17) is 4.74 Å². The zero-order chi connectivity index (χ0) is 19.7. The summed E-state index contributed by atoms with van der Waals surface area (Å²) in [7, 11) is 0. The molecule has 0 heterocycles. The lowest BCUT2D eigenvalue weighted by Crippen LogP contribution is -2.18. The molecule has 0 aromatic heterocycles. The molecule has 0 spiro atoms. The third-order valence-corrected chi connectivity index (χ3v) is 4.97. The molecule has 0 bridgehead atoms. The van der Waals surface area contributed by atoms with Crippen molar-refractivity contribution in [3.05, 3.63) is 126 Å². The van der Waals surface area contributed by atoms with Gasteiger partial charge in [-0.05, 0) is 47.5 Å². The molecule has 0 saturated carbocycles. The molecule has 0 saturated heterocycles. The van der Waals surface area contributed by atoms with Crippen LogP contribution in [-0.2, 0) is 13.0 Å². The van der Waals surface area contributed by atoms with E-state index in [-0.39, 0.29) is 0 Å². The molecular weight excluding hydrogens is 354 g/mol. The van der Waals surface area contributed by atoms with Crippen LogP contribution in [0, 0.1) is 0 Å². The largest absolute Gasteiger partial charge is 0.493 e. The number of nitrogens with zero attached hydrogens (tertiary/aromatic N) is 1. The molecule has 2 heteroatoms. The number of anilines is 2. The first-order valence-corrected chi connectivity index (χ1v) is 10.0. The molecule has 0 aliphatic heterocycles. The first-order valence-electron chi connectivity index (χ1n) is 10.0. The summed E-state index contributed by atoms with van der Waals surface area (Å²) in [4.78, 5) is 2.36. The molecule has 4 rings (SSSR count). The van der Waals surface area contributed by atoms with E-state index < -0.39 is 0 Å². The van der Waals surface area contributed by atoms with Gasteiger partial charge >= 0.3 is 0 Å². The van der Waals surface area contributed by atoms with Crippen LogP contribution in [0.1, 0.15) is 11.1 Å². The fraction of sp³-hybridized carbons (Fsp3) is 0.111. The van der Waals surface area contributed by atoms with Crippen molar-refractivity contribution in [1.29, 1.82) is 0 Å². The molecule has 0 aliphatic carbocycles. The maximum atomic E-state index is 5.93. The second-order valence-electron chi connectivity index (χ2n) is 6.94. The van der Waals surface area contributed by atoms with Gasteiger partial charge < -0.3 is 9.64 Å². The smallest absolute Gasteiger partial charge is 0.119 e. The van der Waals surface area contributed by atoms with Crippen molar-refractivity contribution < 1.29 is 4.74 Å². The van der Waals surface area contributed by atoms with Gasteiger partial charge in [-0.2, -0.15) is 0 Å². The molecule has 4 aromatic rings. The van der Waals surface area contributed by atoms with Crippen LogP contribution in [-0.4, -0.2) is 6.61 Å². The lowest BCUT2D eigenvalue weighted by molar-refractivity contribution is 0.321. The zero-order valence-electron chi connectivity index (χ0n) is 16.4. The van der Waals surface area contributed by atoms with E-state index in [1.807, 2.05) is 30.3 Å². The van der Waals surface area contributed by atoms with Crippen molar-refractivity contribution in [1.82, 2.24) is 0 Å². The van der Waals surface area contributed by atoms with Gasteiger partial charge in [-0.1, -0.05) is 78.9 Å². The number of benzene rings is 4. The van der Waals surface area contributed by atoms with E-state index in [0.29, 0.717) is 6.61 Å². The molecule has 0 aliphatic rings. The lowest BCUT2D eigenvalue weighted by atomic mass is 10.0. The summed E-state index contributed by atoms with van der Waals surface area (Å²) in [5, 5.41) is 0. The molecule has 144 valence electrons. The molecule has 2 nitrogen and oxygen atoms in total. The van der Waals surface area contributed by atoms with Crippen molar-refractivity contribution in [2.24, 2.45) is 0 Å². The van der Waals surface area contributed by atoms with Gasteiger partial charge in [0.15, 0.2) is 0 Å². The highest BCUT2D eigenvalue weighted by molar-refractivity contribution is 5.63. The second-order valence-corrected chi connectivity index (χ2v) is 6.94. The van der Waals surface area contributed by atoms with Gasteiger partial charge in [-0.15, -0.1) is 0 Å². The summed E-state index contributed by atoms with van der Waals surface area (Å²) in [6.45, 7) is 1.48. The Morgan fingerprint density at radius 3 is 1.59 bits per heavy atom. The van der Waals surface area contributed by atoms with Gasteiger partial charge in [0.25, 0.3) is 0 Å². The van der Waals surface area contributed by atoms with E-state index in [9.17, 15) is 0 Å².